The lowest BCUT2D eigenvalue weighted by Crippen LogP contribution is -2.16. The highest BCUT2D eigenvalue weighted by Gasteiger charge is 2.22. The van der Waals surface area contributed by atoms with Crippen molar-refractivity contribution >= 4 is 28.9 Å². The molecule has 0 saturated carbocycles. The summed E-state index contributed by atoms with van der Waals surface area (Å²) in [6.07, 6.45) is 5.25. The van der Waals surface area contributed by atoms with Gasteiger partial charge in [-0.15, -0.1) is 0 Å². The van der Waals surface area contributed by atoms with Crippen LogP contribution in [-0.4, -0.2) is 29.5 Å². The molecular weight excluding hydrogens is 390 g/mol. The van der Waals surface area contributed by atoms with Crippen LogP contribution in [0, 0.1) is 11.3 Å². The van der Waals surface area contributed by atoms with Gasteiger partial charge in [0.2, 0.25) is 0 Å². The Bertz CT molecular complexity index is 1210. The second-order valence-electron chi connectivity index (χ2n) is 6.21. The van der Waals surface area contributed by atoms with E-state index < -0.39 is 0 Å². The number of hydrogen-bond acceptors (Lipinski definition) is 8. The van der Waals surface area contributed by atoms with Gasteiger partial charge in [-0.1, -0.05) is 24.6 Å². The number of nitriles is 1. The van der Waals surface area contributed by atoms with Gasteiger partial charge >= 0.3 is 0 Å². The van der Waals surface area contributed by atoms with Gasteiger partial charge in [-0.2, -0.15) is 10.4 Å². The van der Waals surface area contributed by atoms with Crippen LogP contribution in [0.25, 0.3) is 17.0 Å². The average molecular weight is 406 g/mol. The number of nitrogens with zero attached hydrogens (tertiary/aromatic N) is 7. The van der Waals surface area contributed by atoms with Gasteiger partial charge in [-0.05, 0) is 24.6 Å². The summed E-state index contributed by atoms with van der Waals surface area (Å²) in [6.45, 7) is 2.01. The van der Waals surface area contributed by atoms with Crippen LogP contribution < -0.4 is 11.1 Å². The van der Waals surface area contributed by atoms with Crippen LogP contribution in [0.5, 0.6) is 0 Å². The van der Waals surface area contributed by atoms with Gasteiger partial charge in [0.25, 0.3) is 0 Å². The minimum absolute atomic E-state index is 0.124. The second kappa shape index (κ2) is 7.69. The zero-order valence-corrected chi connectivity index (χ0v) is 16.2. The molecule has 0 amide bonds. The maximum absolute atomic E-state index is 9.43. The number of nitrogen functional groups attached to an aromatic ring is 1. The fourth-order valence-electron chi connectivity index (χ4n) is 3.05. The van der Waals surface area contributed by atoms with Gasteiger partial charge < -0.3 is 11.1 Å². The molecule has 1 atom stereocenters. The molecule has 0 radical (unpaired) electrons. The van der Waals surface area contributed by atoms with Gasteiger partial charge in [0, 0.05) is 11.8 Å². The number of hydrogen-bond donors (Lipinski definition) is 2. The summed E-state index contributed by atoms with van der Waals surface area (Å²) < 4.78 is 1.56. The van der Waals surface area contributed by atoms with E-state index in [9.17, 15) is 5.26 Å². The van der Waals surface area contributed by atoms with Crippen molar-refractivity contribution in [2.24, 2.45) is 0 Å². The Hall–Kier alpha value is -3.77. The Labute approximate surface area is 171 Å². The van der Waals surface area contributed by atoms with Crippen LogP contribution in [0.1, 0.15) is 30.5 Å². The molecule has 144 valence electrons. The third kappa shape index (κ3) is 3.41. The molecular formula is C19H16ClN9. The molecule has 4 aromatic heterocycles. The van der Waals surface area contributed by atoms with Crippen LogP contribution in [-0.2, 0) is 0 Å². The maximum atomic E-state index is 9.43. The average Bonchev–Trinajstić information content (AvgIpc) is 3.11. The molecule has 0 unspecified atom stereocenters. The molecule has 10 heteroatoms. The smallest absolute Gasteiger partial charge is 0.155 e. The minimum Gasteiger partial charge on any atom is -0.382 e. The fourth-order valence-corrected chi connectivity index (χ4v) is 3.23. The van der Waals surface area contributed by atoms with Gasteiger partial charge in [0.05, 0.1) is 17.9 Å². The SMILES string of the molecule is CC[C@H](Nc1ncnc(N)c1C#N)c1cc2ncc(Cl)n2nc1-c1ccccn1. The summed E-state index contributed by atoms with van der Waals surface area (Å²) in [4.78, 5) is 16.8. The molecule has 0 aliphatic heterocycles. The zero-order valence-electron chi connectivity index (χ0n) is 15.4. The van der Waals surface area contributed by atoms with E-state index in [1.165, 1.54) is 6.33 Å². The van der Waals surface area contributed by atoms with Crippen LogP contribution in [0.15, 0.2) is 43.0 Å². The molecule has 29 heavy (non-hydrogen) atoms. The van der Waals surface area contributed by atoms with E-state index in [2.05, 4.69) is 30.4 Å². The number of nitrogens with two attached hydrogens (primary N) is 1. The second-order valence-corrected chi connectivity index (χ2v) is 6.60. The lowest BCUT2D eigenvalue weighted by molar-refractivity contribution is 0.734. The zero-order chi connectivity index (χ0) is 20.4. The number of anilines is 2. The Balaban J connectivity index is 1.87. The standard InChI is InChI=1S/C19H16ClN9/c1-2-13(27-19-12(8-21)18(22)25-10-26-19)11-7-16-24-9-15(20)29(16)28-17(11)14-5-3-4-6-23-14/h3-7,9-10,13H,2H2,1H3,(H3,22,25,26,27)/t13-/m0/s1. The van der Waals surface area contributed by atoms with Gasteiger partial charge in [-0.25, -0.2) is 19.5 Å². The molecule has 9 nitrogen and oxygen atoms in total. The van der Waals surface area contributed by atoms with Crippen molar-refractivity contribution in [3.05, 3.63) is 59.3 Å². The normalized spacial score (nSPS) is 11.9. The predicted octanol–water partition coefficient (Wildman–Crippen LogP) is 3.25. The molecule has 0 aromatic carbocycles. The van der Waals surface area contributed by atoms with Crippen molar-refractivity contribution in [1.82, 2.24) is 29.5 Å². The summed E-state index contributed by atoms with van der Waals surface area (Å²) in [5.74, 6) is 0.485. The number of pyridine rings is 1. The van der Waals surface area contributed by atoms with Crippen molar-refractivity contribution in [3.8, 4) is 17.5 Å². The van der Waals surface area contributed by atoms with E-state index in [1.807, 2.05) is 37.3 Å². The molecule has 0 aliphatic rings. The number of rotatable bonds is 5. The lowest BCUT2D eigenvalue weighted by Gasteiger charge is -2.21. The number of nitrogens with one attached hydrogen (secondary N) is 1. The number of imidazole rings is 1. The molecule has 4 heterocycles. The fraction of sp³-hybridized carbons (Fsp3) is 0.158. The van der Waals surface area contributed by atoms with Crippen molar-refractivity contribution < 1.29 is 0 Å². The first-order valence-electron chi connectivity index (χ1n) is 8.85. The Morgan fingerprint density at radius 3 is 2.86 bits per heavy atom. The Morgan fingerprint density at radius 1 is 1.28 bits per heavy atom. The third-order valence-corrected chi connectivity index (χ3v) is 4.73. The van der Waals surface area contributed by atoms with E-state index in [0.717, 1.165) is 5.56 Å². The van der Waals surface area contributed by atoms with Crippen molar-refractivity contribution in [1.29, 1.82) is 5.26 Å². The summed E-state index contributed by atoms with van der Waals surface area (Å²) in [5, 5.41) is 17.8. The highest BCUT2D eigenvalue weighted by atomic mass is 35.5. The summed E-state index contributed by atoms with van der Waals surface area (Å²) >= 11 is 6.22. The van der Waals surface area contributed by atoms with E-state index in [1.54, 1.807) is 16.9 Å². The van der Waals surface area contributed by atoms with Crippen LogP contribution in [0.3, 0.4) is 0 Å². The van der Waals surface area contributed by atoms with E-state index in [0.29, 0.717) is 34.4 Å². The topological polar surface area (TPSA) is 131 Å². The summed E-state index contributed by atoms with van der Waals surface area (Å²) in [7, 11) is 0. The van der Waals surface area contributed by atoms with Gasteiger partial charge in [-0.3, -0.25) is 4.98 Å². The highest BCUT2D eigenvalue weighted by molar-refractivity contribution is 6.29. The highest BCUT2D eigenvalue weighted by Crippen LogP contribution is 2.32. The Morgan fingerprint density at radius 2 is 2.14 bits per heavy atom. The first kappa shape index (κ1) is 18.6. The summed E-state index contributed by atoms with van der Waals surface area (Å²) in [6, 6.07) is 9.32. The van der Waals surface area contributed by atoms with E-state index >= 15 is 0 Å². The molecule has 0 saturated heterocycles. The van der Waals surface area contributed by atoms with Gasteiger partial charge in [0.15, 0.2) is 10.8 Å². The first-order valence-corrected chi connectivity index (χ1v) is 9.22. The quantitative estimate of drug-likeness (QED) is 0.517. The largest absolute Gasteiger partial charge is 0.382 e. The molecule has 0 aliphatic carbocycles. The molecule has 0 fully saturated rings. The Kier molecular flexibility index (Phi) is 4.93. The number of halogens is 1. The molecule has 0 spiro atoms. The summed E-state index contributed by atoms with van der Waals surface area (Å²) in [5.41, 5.74) is 8.82. The molecule has 3 N–H and O–H groups in total. The van der Waals surface area contributed by atoms with E-state index in [-0.39, 0.29) is 17.4 Å². The molecule has 4 aromatic rings. The molecule has 0 bridgehead atoms. The van der Waals surface area contributed by atoms with Gasteiger partial charge in [0.1, 0.15) is 35.3 Å². The monoisotopic (exact) mass is 405 g/mol. The van der Waals surface area contributed by atoms with Crippen LogP contribution in [0.2, 0.25) is 5.15 Å². The van der Waals surface area contributed by atoms with Crippen LogP contribution >= 0.6 is 11.6 Å². The first-order chi connectivity index (χ1) is 14.1. The lowest BCUT2D eigenvalue weighted by atomic mass is 10.0. The number of fused-ring (bicyclic) bond motifs is 1. The van der Waals surface area contributed by atoms with Crippen molar-refractivity contribution in [2.45, 2.75) is 19.4 Å². The van der Waals surface area contributed by atoms with Crippen molar-refractivity contribution in [3.63, 3.8) is 0 Å². The van der Waals surface area contributed by atoms with Crippen molar-refractivity contribution in [2.75, 3.05) is 11.1 Å². The molecule has 4 rings (SSSR count). The van der Waals surface area contributed by atoms with E-state index in [4.69, 9.17) is 17.3 Å². The predicted molar refractivity (Wildman–Crippen MR) is 109 cm³/mol. The van der Waals surface area contributed by atoms with Crippen LogP contribution in [0.4, 0.5) is 11.6 Å². The maximum Gasteiger partial charge on any atom is 0.155 e. The number of aromatic nitrogens is 6. The third-order valence-electron chi connectivity index (χ3n) is 4.47. The minimum atomic E-state index is -0.235.